The minimum absolute atomic E-state index is 0.00416. The second kappa shape index (κ2) is 7.02. The van der Waals surface area contributed by atoms with Gasteiger partial charge in [0.1, 0.15) is 5.76 Å². The second-order valence-electron chi connectivity index (χ2n) is 5.07. The molecule has 0 bridgehead atoms. The molecule has 0 radical (unpaired) electrons. The summed E-state index contributed by atoms with van der Waals surface area (Å²) in [7, 11) is 0. The predicted molar refractivity (Wildman–Crippen MR) is 85.0 cm³/mol. The van der Waals surface area contributed by atoms with Gasteiger partial charge >= 0.3 is 0 Å². The van der Waals surface area contributed by atoms with E-state index in [0.29, 0.717) is 6.54 Å². The topological polar surface area (TPSA) is 58.3 Å². The first kappa shape index (κ1) is 14.5. The van der Waals surface area contributed by atoms with Gasteiger partial charge < -0.3 is 14.8 Å². The van der Waals surface area contributed by atoms with Crippen LogP contribution in [0.25, 0.3) is 11.1 Å². The standard InChI is InChI=1S/C18H18N2O2/c21-13-17(18-7-3-9-22-18)20-11-14-4-1-5-15(10-14)16-6-2-8-19-12-16/h1-10,12,17,20-21H,11,13H2. The van der Waals surface area contributed by atoms with Gasteiger partial charge in [0.25, 0.3) is 0 Å². The third kappa shape index (κ3) is 3.42. The van der Waals surface area contributed by atoms with E-state index in [2.05, 4.69) is 28.5 Å². The molecule has 1 atom stereocenters. The lowest BCUT2D eigenvalue weighted by molar-refractivity contribution is 0.225. The third-order valence-electron chi connectivity index (χ3n) is 3.54. The Morgan fingerprint density at radius 3 is 2.73 bits per heavy atom. The van der Waals surface area contributed by atoms with E-state index in [1.54, 1.807) is 12.5 Å². The summed E-state index contributed by atoms with van der Waals surface area (Å²) in [5.41, 5.74) is 3.37. The predicted octanol–water partition coefficient (Wildman–Crippen LogP) is 3.16. The molecule has 1 unspecified atom stereocenters. The summed E-state index contributed by atoms with van der Waals surface area (Å²) in [6.45, 7) is 0.649. The molecule has 0 fully saturated rings. The summed E-state index contributed by atoms with van der Waals surface area (Å²) in [5, 5.41) is 12.8. The molecular weight excluding hydrogens is 276 g/mol. The van der Waals surface area contributed by atoms with Gasteiger partial charge in [-0.1, -0.05) is 24.3 Å². The van der Waals surface area contributed by atoms with Crippen LogP contribution in [0.3, 0.4) is 0 Å². The molecule has 2 N–H and O–H groups in total. The number of furan rings is 1. The Kier molecular flexibility index (Phi) is 4.63. The highest BCUT2D eigenvalue weighted by Crippen LogP contribution is 2.20. The minimum atomic E-state index is -0.197. The van der Waals surface area contributed by atoms with Crippen LogP contribution in [0.4, 0.5) is 0 Å². The van der Waals surface area contributed by atoms with Crippen molar-refractivity contribution in [3.05, 3.63) is 78.5 Å². The molecule has 0 spiro atoms. The molecule has 3 rings (SSSR count). The summed E-state index contributed by atoms with van der Waals surface area (Å²) >= 11 is 0. The first-order valence-electron chi connectivity index (χ1n) is 7.24. The van der Waals surface area contributed by atoms with E-state index in [4.69, 9.17) is 4.42 Å². The summed E-state index contributed by atoms with van der Waals surface area (Å²) in [6, 6.07) is 15.7. The van der Waals surface area contributed by atoms with E-state index in [0.717, 1.165) is 22.5 Å². The fourth-order valence-electron chi connectivity index (χ4n) is 2.38. The average Bonchev–Trinajstić information content (AvgIpc) is 3.11. The van der Waals surface area contributed by atoms with Crippen LogP contribution in [0.15, 0.2) is 71.6 Å². The zero-order valence-electron chi connectivity index (χ0n) is 12.1. The van der Waals surface area contributed by atoms with E-state index in [-0.39, 0.29) is 12.6 Å². The van der Waals surface area contributed by atoms with Gasteiger partial charge in [0.15, 0.2) is 0 Å². The normalized spacial score (nSPS) is 12.2. The SMILES string of the molecule is OCC(NCc1cccc(-c2cccnc2)c1)c1ccco1. The van der Waals surface area contributed by atoms with Gasteiger partial charge in [-0.15, -0.1) is 0 Å². The zero-order chi connectivity index (χ0) is 15.2. The van der Waals surface area contributed by atoms with Gasteiger partial charge in [0.05, 0.1) is 18.9 Å². The van der Waals surface area contributed by atoms with Crippen LogP contribution < -0.4 is 5.32 Å². The van der Waals surface area contributed by atoms with Crippen molar-refractivity contribution in [2.24, 2.45) is 0 Å². The minimum Gasteiger partial charge on any atom is -0.468 e. The number of pyridine rings is 1. The fraction of sp³-hybridized carbons (Fsp3) is 0.167. The van der Waals surface area contributed by atoms with Crippen molar-refractivity contribution in [1.29, 1.82) is 0 Å². The molecule has 4 nitrogen and oxygen atoms in total. The smallest absolute Gasteiger partial charge is 0.123 e. The summed E-state index contributed by atoms with van der Waals surface area (Å²) in [6.07, 6.45) is 5.23. The first-order valence-corrected chi connectivity index (χ1v) is 7.24. The van der Waals surface area contributed by atoms with Crippen molar-refractivity contribution >= 4 is 0 Å². The number of hydrogen-bond acceptors (Lipinski definition) is 4. The van der Waals surface area contributed by atoms with Crippen molar-refractivity contribution in [2.45, 2.75) is 12.6 Å². The fourth-order valence-corrected chi connectivity index (χ4v) is 2.38. The number of benzene rings is 1. The molecule has 0 saturated carbocycles. The molecule has 112 valence electrons. The number of nitrogens with one attached hydrogen (secondary N) is 1. The van der Waals surface area contributed by atoms with E-state index < -0.39 is 0 Å². The van der Waals surface area contributed by atoms with E-state index >= 15 is 0 Å². The summed E-state index contributed by atoms with van der Waals surface area (Å²) < 4.78 is 5.34. The Bertz CT molecular complexity index is 696. The Labute approximate surface area is 129 Å². The molecule has 2 aromatic heterocycles. The Hall–Kier alpha value is -2.43. The number of aliphatic hydroxyl groups is 1. The second-order valence-corrected chi connectivity index (χ2v) is 5.07. The van der Waals surface area contributed by atoms with E-state index in [9.17, 15) is 5.11 Å². The number of nitrogens with zero attached hydrogens (tertiary/aromatic N) is 1. The Morgan fingerprint density at radius 2 is 2.00 bits per heavy atom. The first-order chi connectivity index (χ1) is 10.9. The molecule has 0 amide bonds. The molecule has 4 heteroatoms. The van der Waals surface area contributed by atoms with Crippen LogP contribution in [-0.2, 0) is 6.54 Å². The monoisotopic (exact) mass is 294 g/mol. The highest BCUT2D eigenvalue weighted by atomic mass is 16.3. The van der Waals surface area contributed by atoms with Gasteiger partial charge in [-0.3, -0.25) is 4.98 Å². The van der Waals surface area contributed by atoms with Gasteiger partial charge in [-0.25, -0.2) is 0 Å². The quantitative estimate of drug-likeness (QED) is 0.733. The molecule has 2 heterocycles. The van der Waals surface area contributed by atoms with Crippen LogP contribution in [-0.4, -0.2) is 16.7 Å². The molecule has 0 aliphatic rings. The highest BCUT2D eigenvalue weighted by molar-refractivity contribution is 5.62. The molecule has 22 heavy (non-hydrogen) atoms. The average molecular weight is 294 g/mol. The lowest BCUT2D eigenvalue weighted by Gasteiger charge is -2.14. The van der Waals surface area contributed by atoms with Crippen molar-refractivity contribution in [2.75, 3.05) is 6.61 Å². The van der Waals surface area contributed by atoms with Crippen LogP contribution in [0.2, 0.25) is 0 Å². The number of aromatic nitrogens is 1. The van der Waals surface area contributed by atoms with Crippen molar-refractivity contribution in [1.82, 2.24) is 10.3 Å². The molecule has 0 aliphatic carbocycles. The number of rotatable bonds is 6. The lowest BCUT2D eigenvalue weighted by Crippen LogP contribution is -2.23. The maximum atomic E-state index is 9.48. The van der Waals surface area contributed by atoms with Crippen molar-refractivity contribution in [3.8, 4) is 11.1 Å². The van der Waals surface area contributed by atoms with Crippen LogP contribution in [0.1, 0.15) is 17.4 Å². The van der Waals surface area contributed by atoms with Crippen LogP contribution in [0, 0.1) is 0 Å². The van der Waals surface area contributed by atoms with Crippen LogP contribution in [0.5, 0.6) is 0 Å². The lowest BCUT2D eigenvalue weighted by atomic mass is 10.0. The Morgan fingerprint density at radius 1 is 1.09 bits per heavy atom. The summed E-state index contributed by atoms with van der Waals surface area (Å²) in [4.78, 5) is 4.15. The van der Waals surface area contributed by atoms with Gasteiger partial charge in [0.2, 0.25) is 0 Å². The maximum Gasteiger partial charge on any atom is 0.123 e. The van der Waals surface area contributed by atoms with Gasteiger partial charge in [-0.2, -0.15) is 0 Å². The Balaban J connectivity index is 1.71. The van der Waals surface area contributed by atoms with E-state index in [1.165, 1.54) is 0 Å². The third-order valence-corrected chi connectivity index (χ3v) is 3.54. The zero-order valence-corrected chi connectivity index (χ0v) is 12.1. The van der Waals surface area contributed by atoms with Crippen molar-refractivity contribution in [3.63, 3.8) is 0 Å². The van der Waals surface area contributed by atoms with Gasteiger partial charge in [0, 0.05) is 18.9 Å². The van der Waals surface area contributed by atoms with Crippen molar-refractivity contribution < 1.29 is 9.52 Å². The largest absolute Gasteiger partial charge is 0.468 e. The molecular formula is C18H18N2O2. The molecule has 3 aromatic rings. The number of hydrogen-bond donors (Lipinski definition) is 2. The molecule has 1 aromatic carbocycles. The highest BCUT2D eigenvalue weighted by Gasteiger charge is 2.12. The van der Waals surface area contributed by atoms with E-state index in [1.807, 2.05) is 36.5 Å². The molecule has 0 aliphatic heterocycles. The van der Waals surface area contributed by atoms with Gasteiger partial charge in [-0.05, 0) is 41.0 Å². The maximum absolute atomic E-state index is 9.48. The van der Waals surface area contributed by atoms with Crippen LogP contribution >= 0.6 is 0 Å². The molecule has 0 saturated heterocycles. The summed E-state index contributed by atoms with van der Waals surface area (Å²) in [5.74, 6) is 0.742. The number of aliphatic hydroxyl groups excluding tert-OH is 1.